The van der Waals surface area contributed by atoms with Gasteiger partial charge in [0, 0.05) is 12.5 Å². The van der Waals surface area contributed by atoms with Crippen molar-refractivity contribution in [1.82, 2.24) is 10.2 Å². The van der Waals surface area contributed by atoms with Gasteiger partial charge in [0.15, 0.2) is 0 Å². The second-order valence-electron chi connectivity index (χ2n) is 6.70. The monoisotopic (exact) mass is 339 g/mol. The van der Waals surface area contributed by atoms with Crippen molar-refractivity contribution in [2.24, 2.45) is 0 Å². The molecule has 1 heterocycles. The number of nitriles is 1. The van der Waals surface area contributed by atoms with E-state index in [1.807, 2.05) is 25.1 Å². The van der Waals surface area contributed by atoms with Crippen LogP contribution >= 0.6 is 0 Å². The van der Waals surface area contributed by atoms with E-state index in [4.69, 9.17) is 0 Å². The summed E-state index contributed by atoms with van der Waals surface area (Å²) >= 11 is 0. The van der Waals surface area contributed by atoms with Crippen LogP contribution in [0.4, 0.5) is 4.79 Å². The first kappa shape index (κ1) is 17.5. The van der Waals surface area contributed by atoms with Gasteiger partial charge >= 0.3 is 6.03 Å². The van der Waals surface area contributed by atoms with Crippen LogP contribution in [0.2, 0.25) is 0 Å². The minimum absolute atomic E-state index is 0.143. The Balaban J connectivity index is 1.90. The Morgan fingerprint density at radius 1 is 1.44 bits per heavy atom. The first-order chi connectivity index (χ1) is 12.2. The quantitative estimate of drug-likeness (QED) is 0.866. The number of urea groups is 1. The predicted octanol–water partition coefficient (Wildman–Crippen LogP) is 3.03. The minimum atomic E-state index is -0.544. The summed E-state index contributed by atoms with van der Waals surface area (Å²) in [6, 6.07) is 9.22. The van der Waals surface area contributed by atoms with Crippen molar-refractivity contribution in [2.75, 3.05) is 13.2 Å². The summed E-state index contributed by atoms with van der Waals surface area (Å²) in [4.78, 5) is 13.9. The molecule has 1 saturated heterocycles. The molecule has 0 saturated carbocycles. The maximum Gasteiger partial charge on any atom is 0.318 e. The van der Waals surface area contributed by atoms with Crippen LogP contribution in [-0.4, -0.2) is 41.3 Å². The molecule has 2 aliphatic rings. The highest BCUT2D eigenvalue weighted by Crippen LogP contribution is 2.44. The lowest BCUT2D eigenvalue weighted by molar-refractivity contribution is 0.0168. The Bertz CT molecular complexity index is 707. The van der Waals surface area contributed by atoms with Gasteiger partial charge in [-0.25, -0.2) is 4.79 Å². The standard InChI is InChI=1S/C20H25N3O2/c1-2-11-22-20(25)23-17(12-21)19(18(23)13-24)16-10-6-5-9-15(16)14-7-3-4-8-14/h5-7,9-10,17-19,24H,2-4,8,11,13H2,1H3,(H,22,25)/t17-,18+,19+/m0/s1. The van der Waals surface area contributed by atoms with Gasteiger partial charge < -0.3 is 15.3 Å². The van der Waals surface area contributed by atoms with Gasteiger partial charge in [0.25, 0.3) is 0 Å². The second-order valence-corrected chi connectivity index (χ2v) is 6.70. The molecular weight excluding hydrogens is 314 g/mol. The Morgan fingerprint density at radius 2 is 2.24 bits per heavy atom. The van der Waals surface area contributed by atoms with Gasteiger partial charge in [-0.2, -0.15) is 5.26 Å². The van der Waals surface area contributed by atoms with E-state index in [9.17, 15) is 15.2 Å². The van der Waals surface area contributed by atoms with E-state index in [1.165, 1.54) is 10.5 Å². The third kappa shape index (κ3) is 3.14. The fourth-order valence-electron chi connectivity index (χ4n) is 3.98. The lowest BCUT2D eigenvalue weighted by Gasteiger charge is -2.51. The summed E-state index contributed by atoms with van der Waals surface area (Å²) in [7, 11) is 0. The summed E-state index contributed by atoms with van der Waals surface area (Å²) in [5.41, 5.74) is 3.55. The average molecular weight is 339 g/mol. The van der Waals surface area contributed by atoms with Crippen LogP contribution in [-0.2, 0) is 0 Å². The van der Waals surface area contributed by atoms with Crippen molar-refractivity contribution in [1.29, 1.82) is 5.26 Å². The molecule has 0 bridgehead atoms. The molecule has 25 heavy (non-hydrogen) atoms. The van der Waals surface area contributed by atoms with Crippen LogP contribution in [0.3, 0.4) is 0 Å². The number of nitrogens with zero attached hydrogens (tertiary/aromatic N) is 2. The van der Waals surface area contributed by atoms with Gasteiger partial charge in [-0.05, 0) is 42.4 Å². The number of likely N-dealkylation sites (tertiary alicyclic amines) is 1. The van der Waals surface area contributed by atoms with Gasteiger partial charge in [-0.15, -0.1) is 0 Å². The Hall–Kier alpha value is -2.32. The van der Waals surface area contributed by atoms with Crippen molar-refractivity contribution in [3.63, 3.8) is 0 Å². The first-order valence-corrected chi connectivity index (χ1v) is 9.07. The number of aliphatic hydroxyl groups excluding tert-OH is 1. The average Bonchev–Trinajstić information content (AvgIpc) is 3.14. The van der Waals surface area contributed by atoms with Crippen molar-refractivity contribution in [3.05, 3.63) is 41.5 Å². The van der Waals surface area contributed by atoms with E-state index < -0.39 is 6.04 Å². The number of allylic oxidation sites excluding steroid dienone is 2. The summed E-state index contributed by atoms with van der Waals surface area (Å²) < 4.78 is 0. The third-order valence-corrected chi connectivity index (χ3v) is 5.20. The molecule has 0 aromatic heterocycles. The van der Waals surface area contributed by atoms with Crippen LogP contribution in [0.15, 0.2) is 30.3 Å². The summed E-state index contributed by atoms with van der Waals surface area (Å²) in [6.45, 7) is 2.41. The molecule has 1 aromatic carbocycles. The molecule has 0 unspecified atom stereocenters. The lowest BCUT2D eigenvalue weighted by atomic mass is 9.73. The van der Waals surface area contributed by atoms with E-state index in [-0.39, 0.29) is 24.6 Å². The fraction of sp³-hybridized carbons (Fsp3) is 0.500. The molecule has 3 atom stereocenters. The summed E-state index contributed by atoms with van der Waals surface area (Å²) in [6.07, 6.45) is 6.39. The van der Waals surface area contributed by atoms with Crippen LogP contribution in [0.25, 0.3) is 5.57 Å². The van der Waals surface area contributed by atoms with E-state index in [0.717, 1.165) is 36.8 Å². The fourth-order valence-corrected chi connectivity index (χ4v) is 3.98. The highest BCUT2D eigenvalue weighted by molar-refractivity contribution is 5.78. The summed E-state index contributed by atoms with van der Waals surface area (Å²) in [5, 5.41) is 22.4. The number of hydrogen-bond donors (Lipinski definition) is 2. The molecule has 3 rings (SSSR count). The molecule has 2 amide bonds. The van der Waals surface area contributed by atoms with Crippen molar-refractivity contribution >= 4 is 11.6 Å². The number of aliphatic hydroxyl groups is 1. The third-order valence-electron chi connectivity index (χ3n) is 5.20. The zero-order valence-electron chi connectivity index (χ0n) is 14.6. The number of carbonyl (C=O) groups excluding carboxylic acids is 1. The van der Waals surface area contributed by atoms with Gasteiger partial charge in [-0.1, -0.05) is 37.3 Å². The van der Waals surface area contributed by atoms with E-state index in [1.54, 1.807) is 0 Å². The molecule has 1 aliphatic heterocycles. The number of carbonyl (C=O) groups is 1. The SMILES string of the molecule is CCCNC(=O)N1[C@H](CO)[C@H](c2ccccc2C2=CCCC2)[C@@H]1C#N. The predicted molar refractivity (Wildman–Crippen MR) is 96.8 cm³/mol. The Labute approximate surface area is 148 Å². The van der Waals surface area contributed by atoms with Gasteiger partial charge in [0.05, 0.1) is 18.7 Å². The van der Waals surface area contributed by atoms with E-state index >= 15 is 0 Å². The molecule has 1 aliphatic carbocycles. The molecule has 0 radical (unpaired) electrons. The normalized spacial score (nSPS) is 25.1. The molecule has 1 fully saturated rings. The zero-order valence-corrected chi connectivity index (χ0v) is 14.6. The molecule has 0 spiro atoms. The highest BCUT2D eigenvalue weighted by Gasteiger charge is 2.52. The van der Waals surface area contributed by atoms with Crippen LogP contribution in [0.1, 0.15) is 49.7 Å². The maximum absolute atomic E-state index is 12.4. The maximum atomic E-state index is 12.4. The molecule has 5 heteroatoms. The topological polar surface area (TPSA) is 76.4 Å². The molecule has 132 valence electrons. The van der Waals surface area contributed by atoms with Gasteiger partial charge in [0.2, 0.25) is 0 Å². The molecule has 2 N–H and O–H groups in total. The number of hydrogen-bond acceptors (Lipinski definition) is 3. The smallest absolute Gasteiger partial charge is 0.318 e. The second kappa shape index (κ2) is 7.71. The molecular formula is C20H25N3O2. The van der Waals surface area contributed by atoms with Crippen LogP contribution in [0.5, 0.6) is 0 Å². The highest BCUT2D eigenvalue weighted by atomic mass is 16.3. The number of nitrogens with one attached hydrogen (secondary N) is 1. The van der Waals surface area contributed by atoms with Crippen LogP contribution < -0.4 is 5.32 Å². The van der Waals surface area contributed by atoms with E-state index in [2.05, 4.69) is 23.5 Å². The lowest BCUT2D eigenvalue weighted by Crippen LogP contribution is -2.67. The van der Waals surface area contributed by atoms with E-state index in [0.29, 0.717) is 6.54 Å². The van der Waals surface area contributed by atoms with Crippen molar-refractivity contribution in [3.8, 4) is 6.07 Å². The number of rotatable bonds is 5. The van der Waals surface area contributed by atoms with Crippen LogP contribution in [0, 0.1) is 11.3 Å². The first-order valence-electron chi connectivity index (χ1n) is 9.07. The largest absolute Gasteiger partial charge is 0.394 e. The minimum Gasteiger partial charge on any atom is -0.394 e. The van der Waals surface area contributed by atoms with Crippen molar-refractivity contribution in [2.45, 2.75) is 50.6 Å². The van der Waals surface area contributed by atoms with Crippen molar-refractivity contribution < 1.29 is 9.90 Å². The zero-order chi connectivity index (χ0) is 17.8. The molecule has 1 aromatic rings. The summed E-state index contributed by atoms with van der Waals surface area (Å²) in [5.74, 6) is -0.153. The number of amides is 2. The molecule has 5 nitrogen and oxygen atoms in total. The Morgan fingerprint density at radius 3 is 2.88 bits per heavy atom. The number of benzene rings is 1. The van der Waals surface area contributed by atoms with Gasteiger partial charge in [-0.3, -0.25) is 0 Å². The van der Waals surface area contributed by atoms with Gasteiger partial charge in [0.1, 0.15) is 6.04 Å². The Kier molecular flexibility index (Phi) is 5.40.